The highest BCUT2D eigenvalue weighted by Gasteiger charge is 2.09. The van der Waals surface area contributed by atoms with E-state index < -0.39 is 0 Å². The Kier molecular flexibility index (Phi) is 7.23. The van der Waals surface area contributed by atoms with E-state index in [1.54, 1.807) is 0 Å². The van der Waals surface area contributed by atoms with Crippen molar-refractivity contribution in [2.75, 3.05) is 33.0 Å². The third-order valence-corrected chi connectivity index (χ3v) is 1.37. The van der Waals surface area contributed by atoms with E-state index in [4.69, 9.17) is 15.2 Å². The van der Waals surface area contributed by atoms with Gasteiger partial charge in [0, 0.05) is 19.8 Å². The summed E-state index contributed by atoms with van der Waals surface area (Å²) in [6.45, 7) is 10.1. The number of hydrogen-bond acceptors (Lipinski definition) is 3. The predicted octanol–water partition coefficient (Wildman–Crippen LogP) is 1.41. The van der Waals surface area contributed by atoms with E-state index in [0.717, 1.165) is 26.2 Å². The van der Waals surface area contributed by atoms with E-state index in [1.165, 1.54) is 0 Å². The lowest BCUT2D eigenvalue weighted by Gasteiger charge is -2.17. The van der Waals surface area contributed by atoms with Gasteiger partial charge in [0.25, 0.3) is 0 Å². The first-order valence-electron chi connectivity index (χ1n) is 4.92. The van der Waals surface area contributed by atoms with Crippen molar-refractivity contribution in [3.05, 3.63) is 0 Å². The lowest BCUT2D eigenvalue weighted by molar-refractivity contribution is 0.0496. The van der Waals surface area contributed by atoms with E-state index in [0.29, 0.717) is 13.2 Å². The van der Waals surface area contributed by atoms with Crippen LogP contribution in [0.5, 0.6) is 0 Å². The van der Waals surface area contributed by atoms with E-state index in [9.17, 15) is 0 Å². The lowest BCUT2D eigenvalue weighted by Crippen LogP contribution is -2.16. The highest BCUT2D eigenvalue weighted by molar-refractivity contribution is 4.58. The molecule has 3 heteroatoms. The van der Waals surface area contributed by atoms with Crippen molar-refractivity contribution in [3.8, 4) is 0 Å². The molecule has 2 N–H and O–H groups in total. The van der Waals surface area contributed by atoms with Gasteiger partial charge in [-0.3, -0.25) is 0 Å². The van der Waals surface area contributed by atoms with Crippen molar-refractivity contribution in [1.29, 1.82) is 0 Å². The number of rotatable bonds is 7. The first-order chi connectivity index (χ1) is 6.06. The van der Waals surface area contributed by atoms with Crippen LogP contribution < -0.4 is 5.73 Å². The lowest BCUT2D eigenvalue weighted by atomic mass is 9.99. The fourth-order valence-electron chi connectivity index (χ4n) is 0.827. The van der Waals surface area contributed by atoms with Gasteiger partial charge in [0.2, 0.25) is 0 Å². The Labute approximate surface area is 81.6 Å². The van der Waals surface area contributed by atoms with Gasteiger partial charge in [-0.15, -0.1) is 0 Å². The second kappa shape index (κ2) is 7.30. The van der Waals surface area contributed by atoms with Crippen LogP contribution in [0.4, 0.5) is 0 Å². The topological polar surface area (TPSA) is 44.5 Å². The van der Waals surface area contributed by atoms with Crippen LogP contribution >= 0.6 is 0 Å². The molecule has 0 aliphatic rings. The number of nitrogens with two attached hydrogens (primary N) is 1. The van der Waals surface area contributed by atoms with Gasteiger partial charge in [-0.2, -0.15) is 0 Å². The molecule has 0 bridgehead atoms. The van der Waals surface area contributed by atoms with Gasteiger partial charge in [-0.25, -0.2) is 0 Å². The molecule has 80 valence electrons. The Hall–Kier alpha value is -0.120. The molecule has 0 aromatic carbocycles. The molecule has 0 aliphatic carbocycles. The molecule has 0 fully saturated rings. The SMILES string of the molecule is CC(C)(C)COCCCOCCN. The molecule has 0 aliphatic heterocycles. The van der Waals surface area contributed by atoms with Crippen LogP contribution in [0.1, 0.15) is 27.2 Å². The third-order valence-electron chi connectivity index (χ3n) is 1.37. The Morgan fingerprint density at radius 3 is 2.15 bits per heavy atom. The molecule has 3 nitrogen and oxygen atoms in total. The fraction of sp³-hybridized carbons (Fsp3) is 1.00. The van der Waals surface area contributed by atoms with E-state index >= 15 is 0 Å². The summed E-state index contributed by atoms with van der Waals surface area (Å²) in [6, 6.07) is 0. The molecule has 0 aromatic heterocycles. The van der Waals surface area contributed by atoms with Crippen LogP contribution in [0.15, 0.2) is 0 Å². The second-order valence-corrected chi connectivity index (χ2v) is 4.37. The maximum atomic E-state index is 5.47. The van der Waals surface area contributed by atoms with Gasteiger partial charge in [-0.1, -0.05) is 20.8 Å². The average molecular weight is 189 g/mol. The van der Waals surface area contributed by atoms with Crippen LogP contribution in [0.25, 0.3) is 0 Å². The second-order valence-electron chi connectivity index (χ2n) is 4.37. The zero-order chi connectivity index (χ0) is 10.2. The van der Waals surface area contributed by atoms with Crippen LogP contribution in [-0.2, 0) is 9.47 Å². The van der Waals surface area contributed by atoms with E-state index in [1.807, 2.05) is 0 Å². The molecule has 0 amide bonds. The number of ether oxygens (including phenoxy) is 2. The van der Waals surface area contributed by atoms with Gasteiger partial charge in [0.1, 0.15) is 0 Å². The van der Waals surface area contributed by atoms with Crippen molar-refractivity contribution in [2.45, 2.75) is 27.2 Å². The smallest absolute Gasteiger partial charge is 0.0588 e. The molecule has 0 saturated carbocycles. The van der Waals surface area contributed by atoms with Crippen molar-refractivity contribution < 1.29 is 9.47 Å². The Bertz CT molecular complexity index is 110. The Morgan fingerprint density at radius 2 is 1.62 bits per heavy atom. The molecule has 0 atom stereocenters. The van der Waals surface area contributed by atoms with Crippen molar-refractivity contribution >= 4 is 0 Å². The normalized spacial score (nSPS) is 12.0. The van der Waals surface area contributed by atoms with Crippen molar-refractivity contribution in [1.82, 2.24) is 0 Å². The molecule has 0 spiro atoms. The minimum atomic E-state index is 0.262. The highest BCUT2D eigenvalue weighted by Crippen LogP contribution is 2.12. The summed E-state index contributed by atoms with van der Waals surface area (Å²) >= 11 is 0. The molecule has 13 heavy (non-hydrogen) atoms. The van der Waals surface area contributed by atoms with Crippen molar-refractivity contribution in [2.24, 2.45) is 11.1 Å². The maximum absolute atomic E-state index is 5.47. The molecule has 0 unspecified atom stereocenters. The van der Waals surface area contributed by atoms with Gasteiger partial charge >= 0.3 is 0 Å². The molecule has 0 aromatic rings. The first kappa shape index (κ1) is 12.9. The van der Waals surface area contributed by atoms with Crippen LogP contribution in [0, 0.1) is 5.41 Å². The van der Waals surface area contributed by atoms with Crippen molar-refractivity contribution in [3.63, 3.8) is 0 Å². The first-order valence-corrected chi connectivity index (χ1v) is 4.92. The van der Waals surface area contributed by atoms with Crippen LogP contribution in [0.3, 0.4) is 0 Å². The minimum absolute atomic E-state index is 0.262. The summed E-state index contributed by atoms with van der Waals surface area (Å²) in [4.78, 5) is 0. The van der Waals surface area contributed by atoms with E-state index in [2.05, 4.69) is 20.8 Å². The number of hydrogen-bond donors (Lipinski definition) is 1. The third kappa shape index (κ3) is 11.9. The largest absolute Gasteiger partial charge is 0.381 e. The van der Waals surface area contributed by atoms with Gasteiger partial charge in [0.05, 0.1) is 13.2 Å². The fourth-order valence-corrected chi connectivity index (χ4v) is 0.827. The Morgan fingerprint density at radius 1 is 1.00 bits per heavy atom. The zero-order valence-corrected chi connectivity index (χ0v) is 9.14. The molecule has 0 radical (unpaired) electrons. The highest BCUT2D eigenvalue weighted by atomic mass is 16.5. The van der Waals surface area contributed by atoms with Crippen LogP contribution in [-0.4, -0.2) is 33.0 Å². The van der Waals surface area contributed by atoms with Gasteiger partial charge in [-0.05, 0) is 11.8 Å². The maximum Gasteiger partial charge on any atom is 0.0588 e. The van der Waals surface area contributed by atoms with Gasteiger partial charge in [0.15, 0.2) is 0 Å². The van der Waals surface area contributed by atoms with E-state index in [-0.39, 0.29) is 5.41 Å². The summed E-state index contributed by atoms with van der Waals surface area (Å²) in [7, 11) is 0. The monoisotopic (exact) mass is 189 g/mol. The molecular weight excluding hydrogens is 166 g/mol. The molecule has 0 rings (SSSR count). The summed E-state index contributed by atoms with van der Waals surface area (Å²) < 4.78 is 10.7. The summed E-state index contributed by atoms with van der Waals surface area (Å²) in [5, 5.41) is 0. The van der Waals surface area contributed by atoms with Crippen LogP contribution in [0.2, 0.25) is 0 Å². The minimum Gasteiger partial charge on any atom is -0.381 e. The van der Waals surface area contributed by atoms with Gasteiger partial charge < -0.3 is 15.2 Å². The summed E-state index contributed by atoms with van der Waals surface area (Å²) in [5.41, 5.74) is 5.53. The summed E-state index contributed by atoms with van der Waals surface area (Å²) in [6.07, 6.45) is 0.954. The Balaban J connectivity index is 3.00. The quantitative estimate of drug-likeness (QED) is 0.616. The molecule has 0 saturated heterocycles. The molecule has 0 heterocycles. The molecular formula is C10H23NO2. The zero-order valence-electron chi connectivity index (χ0n) is 9.14. The standard InChI is InChI=1S/C10H23NO2/c1-10(2,3)9-13-7-4-6-12-8-5-11/h4-9,11H2,1-3H3. The summed E-state index contributed by atoms with van der Waals surface area (Å²) in [5.74, 6) is 0. The predicted molar refractivity (Wildman–Crippen MR) is 54.8 cm³/mol. The average Bonchev–Trinajstić information content (AvgIpc) is 2.01.